The second-order valence-electron chi connectivity index (χ2n) is 14.3. The molecule has 2 aliphatic carbocycles. The highest BCUT2D eigenvalue weighted by Crippen LogP contribution is 2.57. The van der Waals surface area contributed by atoms with Gasteiger partial charge in [0.2, 0.25) is 15.9 Å². The molecule has 6 rings (SSSR count). The molecule has 3 fully saturated rings. The van der Waals surface area contributed by atoms with E-state index in [0.717, 1.165) is 12.8 Å². The van der Waals surface area contributed by atoms with Gasteiger partial charge in [-0.05, 0) is 85.6 Å². The largest absolute Gasteiger partial charge is 0.325 e. The van der Waals surface area contributed by atoms with Crippen molar-refractivity contribution in [1.82, 2.24) is 10.0 Å². The molecular weight excluding hydrogens is 624 g/mol. The van der Waals surface area contributed by atoms with E-state index in [4.69, 9.17) is 23.2 Å². The van der Waals surface area contributed by atoms with Crippen LogP contribution in [-0.4, -0.2) is 43.5 Å². The van der Waals surface area contributed by atoms with Crippen molar-refractivity contribution in [3.8, 4) is 0 Å². The van der Waals surface area contributed by atoms with Crippen molar-refractivity contribution in [2.24, 2.45) is 11.3 Å². The van der Waals surface area contributed by atoms with Gasteiger partial charge in [-0.15, -0.1) is 0 Å². The van der Waals surface area contributed by atoms with Gasteiger partial charge in [0.25, 0.3) is 0 Å². The molecule has 1 amide bonds. The summed E-state index contributed by atoms with van der Waals surface area (Å²) >= 11 is 12.6. The van der Waals surface area contributed by atoms with Gasteiger partial charge in [0, 0.05) is 35.1 Å². The molecule has 238 valence electrons. The third kappa shape index (κ3) is 5.83. The lowest BCUT2D eigenvalue weighted by Crippen LogP contribution is -2.49. The summed E-state index contributed by atoms with van der Waals surface area (Å²) in [6.07, 6.45) is 5.01. The average molecular weight is 665 g/mol. The third-order valence-corrected chi connectivity index (χ3v) is 12.5. The SMILES string of the molecule is CC(C)(C)C[C@H]1N[C@@H](C(=O)CC2CCC(NS(=O)(=O)C3CC3)CC2)[C@H](c2cccc(Cl)c2F)[C@@]12C(=O)Nc1cc(Cl)ccc12. The quantitative estimate of drug-likeness (QED) is 0.300. The Hall–Kier alpha value is -2.04. The molecule has 2 heterocycles. The number of amides is 1. The molecule has 11 heteroatoms. The van der Waals surface area contributed by atoms with Gasteiger partial charge in [0.1, 0.15) is 11.2 Å². The fourth-order valence-corrected chi connectivity index (χ4v) is 9.81. The summed E-state index contributed by atoms with van der Waals surface area (Å²) in [5, 5.41) is 6.71. The van der Waals surface area contributed by atoms with E-state index in [2.05, 4.69) is 36.1 Å². The number of ketones is 1. The molecule has 1 saturated heterocycles. The first-order chi connectivity index (χ1) is 20.7. The first-order valence-electron chi connectivity index (χ1n) is 15.6. The number of halogens is 3. The molecule has 0 radical (unpaired) electrons. The number of hydrogen-bond acceptors (Lipinski definition) is 5. The van der Waals surface area contributed by atoms with Crippen LogP contribution in [0.5, 0.6) is 0 Å². The fourth-order valence-electron chi connectivity index (χ4n) is 7.81. The molecule has 2 saturated carbocycles. The summed E-state index contributed by atoms with van der Waals surface area (Å²) in [7, 11) is -3.27. The number of anilines is 1. The molecular formula is C33H40Cl2FN3O4S. The molecule has 44 heavy (non-hydrogen) atoms. The lowest BCUT2D eigenvalue weighted by molar-refractivity contribution is -0.123. The van der Waals surface area contributed by atoms with Gasteiger partial charge in [-0.2, -0.15) is 0 Å². The molecule has 4 aliphatic rings. The molecule has 2 aromatic rings. The van der Waals surface area contributed by atoms with Crippen LogP contribution in [0.2, 0.25) is 10.0 Å². The summed E-state index contributed by atoms with van der Waals surface area (Å²) in [5.74, 6) is -1.79. The minimum absolute atomic E-state index is 0.0650. The van der Waals surface area contributed by atoms with Crippen LogP contribution in [-0.2, 0) is 25.0 Å². The number of benzene rings is 2. The monoisotopic (exact) mass is 663 g/mol. The maximum Gasteiger partial charge on any atom is 0.237 e. The Labute approximate surface area is 269 Å². The molecule has 2 aliphatic heterocycles. The van der Waals surface area contributed by atoms with Crippen LogP contribution >= 0.6 is 23.2 Å². The average Bonchev–Trinajstić information content (AvgIpc) is 3.70. The zero-order chi connectivity index (χ0) is 31.6. The summed E-state index contributed by atoms with van der Waals surface area (Å²) in [4.78, 5) is 28.6. The lowest BCUT2D eigenvalue weighted by atomic mass is 9.62. The van der Waals surface area contributed by atoms with Crippen molar-refractivity contribution < 1.29 is 22.4 Å². The normalized spacial score (nSPS) is 30.4. The van der Waals surface area contributed by atoms with Crippen molar-refractivity contribution in [2.45, 2.75) is 107 Å². The number of rotatable bonds is 8. The number of carbonyl (C=O) groups excluding carboxylic acids is 2. The van der Waals surface area contributed by atoms with Gasteiger partial charge in [-0.25, -0.2) is 17.5 Å². The second-order valence-corrected chi connectivity index (χ2v) is 17.2. The molecule has 1 spiro atoms. The van der Waals surface area contributed by atoms with Gasteiger partial charge in [0.05, 0.1) is 16.3 Å². The maximum atomic E-state index is 16.0. The first kappa shape index (κ1) is 31.9. The second kappa shape index (κ2) is 11.6. The van der Waals surface area contributed by atoms with Crippen LogP contribution in [0.4, 0.5) is 10.1 Å². The minimum atomic E-state index is -3.27. The Bertz CT molecular complexity index is 1580. The highest BCUT2D eigenvalue weighted by molar-refractivity contribution is 7.90. The standard InChI is InChI=1S/C33H40Cl2FN3O4S/c1-32(2,3)17-27-33(23-14-9-19(34)16-25(23)37-31(33)41)28(22-5-4-6-24(35)29(22)36)30(38-27)26(40)15-18-7-10-20(11-8-18)39-44(42,43)21-12-13-21/h4-6,9,14,16,18,20-21,27-28,30,38-39H,7-8,10-13,15,17H2,1-3H3,(H,37,41)/t18?,20?,27-,28+,30+,33+/m1/s1. The number of sulfonamides is 1. The third-order valence-electron chi connectivity index (χ3n) is 9.92. The van der Waals surface area contributed by atoms with Crippen LogP contribution in [0.1, 0.15) is 89.2 Å². The van der Waals surface area contributed by atoms with E-state index >= 15 is 4.39 Å². The zero-order valence-electron chi connectivity index (χ0n) is 25.3. The number of nitrogens with one attached hydrogen (secondary N) is 3. The van der Waals surface area contributed by atoms with Crippen molar-refractivity contribution in [1.29, 1.82) is 0 Å². The zero-order valence-corrected chi connectivity index (χ0v) is 27.6. The van der Waals surface area contributed by atoms with E-state index in [1.807, 2.05) is 6.07 Å². The van der Waals surface area contributed by atoms with Crippen molar-refractivity contribution >= 4 is 50.6 Å². The summed E-state index contributed by atoms with van der Waals surface area (Å²) in [5.41, 5.74) is -0.0113. The Kier molecular flexibility index (Phi) is 8.44. The number of hydrogen-bond donors (Lipinski definition) is 3. The fraction of sp³-hybridized carbons (Fsp3) is 0.576. The predicted molar refractivity (Wildman–Crippen MR) is 171 cm³/mol. The molecule has 0 aromatic heterocycles. The Morgan fingerprint density at radius 1 is 1.07 bits per heavy atom. The Morgan fingerprint density at radius 3 is 2.43 bits per heavy atom. The van der Waals surface area contributed by atoms with Gasteiger partial charge in [0.15, 0.2) is 5.78 Å². The van der Waals surface area contributed by atoms with Crippen LogP contribution in [0.15, 0.2) is 36.4 Å². The highest BCUT2D eigenvalue weighted by atomic mass is 35.5. The van der Waals surface area contributed by atoms with E-state index in [1.165, 1.54) is 6.07 Å². The van der Waals surface area contributed by atoms with Crippen LogP contribution in [0.25, 0.3) is 0 Å². The molecule has 7 nitrogen and oxygen atoms in total. The van der Waals surface area contributed by atoms with E-state index in [-0.39, 0.29) is 51.3 Å². The highest BCUT2D eigenvalue weighted by Gasteiger charge is 2.66. The van der Waals surface area contributed by atoms with E-state index in [0.29, 0.717) is 48.4 Å². The van der Waals surface area contributed by atoms with Crippen LogP contribution in [0, 0.1) is 17.2 Å². The van der Waals surface area contributed by atoms with Crippen LogP contribution < -0.4 is 15.4 Å². The molecule has 0 unspecified atom stereocenters. The van der Waals surface area contributed by atoms with Crippen molar-refractivity contribution in [2.75, 3.05) is 5.32 Å². The van der Waals surface area contributed by atoms with Gasteiger partial charge >= 0.3 is 0 Å². The van der Waals surface area contributed by atoms with Gasteiger partial charge in [-0.3, -0.25) is 9.59 Å². The van der Waals surface area contributed by atoms with Crippen molar-refractivity contribution in [3.05, 3.63) is 63.4 Å². The summed E-state index contributed by atoms with van der Waals surface area (Å²) in [6.45, 7) is 6.24. The summed E-state index contributed by atoms with van der Waals surface area (Å²) in [6, 6.07) is 8.58. The van der Waals surface area contributed by atoms with Gasteiger partial charge in [-0.1, -0.05) is 62.2 Å². The molecule has 3 N–H and O–H groups in total. The number of carbonyl (C=O) groups is 2. The summed E-state index contributed by atoms with van der Waals surface area (Å²) < 4.78 is 43.7. The Morgan fingerprint density at radius 2 is 1.77 bits per heavy atom. The number of Topliss-reactive ketones (excluding diaryl/α,β-unsaturated/α-hetero) is 1. The minimum Gasteiger partial charge on any atom is -0.325 e. The van der Waals surface area contributed by atoms with Crippen LogP contribution in [0.3, 0.4) is 0 Å². The van der Waals surface area contributed by atoms with E-state index in [9.17, 15) is 18.0 Å². The number of fused-ring (bicyclic) bond motifs is 2. The molecule has 0 bridgehead atoms. The van der Waals surface area contributed by atoms with E-state index < -0.39 is 39.3 Å². The first-order valence-corrected chi connectivity index (χ1v) is 17.9. The molecule has 4 atom stereocenters. The topological polar surface area (TPSA) is 104 Å². The van der Waals surface area contributed by atoms with Gasteiger partial charge < -0.3 is 10.6 Å². The van der Waals surface area contributed by atoms with E-state index in [1.54, 1.807) is 24.3 Å². The maximum absolute atomic E-state index is 16.0. The lowest BCUT2D eigenvalue weighted by Gasteiger charge is -2.38. The Balaban J connectivity index is 1.34. The smallest absolute Gasteiger partial charge is 0.237 e. The molecule has 2 aromatic carbocycles. The predicted octanol–water partition coefficient (Wildman–Crippen LogP) is 6.48. The van der Waals surface area contributed by atoms with Crippen molar-refractivity contribution in [3.63, 3.8) is 0 Å².